The monoisotopic (exact) mass is 259 g/mol. The Bertz CT molecular complexity index is 733. The Morgan fingerprint density at radius 3 is 2.84 bits per heavy atom. The van der Waals surface area contributed by atoms with Crippen LogP contribution in [0.4, 0.5) is 10.1 Å². The molecule has 1 aromatic carbocycles. The van der Waals surface area contributed by atoms with Gasteiger partial charge in [0, 0.05) is 5.69 Å². The third kappa shape index (κ3) is 1.97. The molecule has 2 aromatic heterocycles. The third-order valence-electron chi connectivity index (χ3n) is 2.74. The first-order valence-corrected chi connectivity index (χ1v) is 5.59. The topological polar surface area (TPSA) is 78.1 Å². The highest BCUT2D eigenvalue weighted by Gasteiger charge is 2.16. The SMILES string of the molecule is Cc1ccoc1-c1noc(-c2cc(F)ccc2N)n1. The number of hydrogen-bond acceptors (Lipinski definition) is 5. The molecule has 2 heterocycles. The van der Waals surface area contributed by atoms with Crippen LogP contribution in [0.1, 0.15) is 5.56 Å². The predicted molar refractivity (Wildman–Crippen MR) is 66.5 cm³/mol. The molecule has 0 atom stereocenters. The van der Waals surface area contributed by atoms with Crippen LogP contribution in [0.5, 0.6) is 0 Å². The minimum Gasteiger partial charge on any atom is -0.461 e. The molecule has 19 heavy (non-hydrogen) atoms. The maximum Gasteiger partial charge on any atom is 0.260 e. The standard InChI is InChI=1S/C13H10FN3O2/c1-7-4-5-18-11(7)12-16-13(19-17-12)9-6-8(14)2-3-10(9)15/h2-6H,15H2,1H3. The zero-order valence-corrected chi connectivity index (χ0v) is 10.1. The van der Waals surface area contributed by atoms with Gasteiger partial charge < -0.3 is 14.7 Å². The van der Waals surface area contributed by atoms with Gasteiger partial charge in [-0.25, -0.2) is 4.39 Å². The van der Waals surface area contributed by atoms with Crippen LogP contribution in [-0.2, 0) is 0 Å². The van der Waals surface area contributed by atoms with Gasteiger partial charge in [-0.05, 0) is 36.8 Å². The van der Waals surface area contributed by atoms with Crippen LogP contribution in [0.2, 0.25) is 0 Å². The van der Waals surface area contributed by atoms with E-state index in [0.29, 0.717) is 22.8 Å². The minimum absolute atomic E-state index is 0.155. The van der Waals surface area contributed by atoms with Crippen LogP contribution in [0.3, 0.4) is 0 Å². The summed E-state index contributed by atoms with van der Waals surface area (Å²) in [4.78, 5) is 4.17. The quantitative estimate of drug-likeness (QED) is 0.715. The first-order valence-electron chi connectivity index (χ1n) is 5.59. The molecule has 0 saturated carbocycles. The molecule has 0 bridgehead atoms. The van der Waals surface area contributed by atoms with Gasteiger partial charge in [-0.1, -0.05) is 5.16 Å². The summed E-state index contributed by atoms with van der Waals surface area (Å²) in [7, 11) is 0. The van der Waals surface area contributed by atoms with E-state index in [9.17, 15) is 4.39 Å². The van der Waals surface area contributed by atoms with Crippen LogP contribution >= 0.6 is 0 Å². The van der Waals surface area contributed by atoms with Gasteiger partial charge in [-0.2, -0.15) is 4.98 Å². The Morgan fingerprint density at radius 2 is 2.11 bits per heavy atom. The maximum atomic E-state index is 13.2. The number of anilines is 1. The number of aromatic nitrogens is 2. The smallest absolute Gasteiger partial charge is 0.260 e. The van der Waals surface area contributed by atoms with E-state index in [1.54, 1.807) is 6.07 Å². The van der Waals surface area contributed by atoms with Crippen molar-refractivity contribution in [1.82, 2.24) is 10.1 Å². The number of benzene rings is 1. The number of hydrogen-bond donors (Lipinski definition) is 1. The molecule has 5 nitrogen and oxygen atoms in total. The number of aryl methyl sites for hydroxylation is 1. The first-order chi connectivity index (χ1) is 9.15. The van der Waals surface area contributed by atoms with Crippen LogP contribution in [0.15, 0.2) is 39.5 Å². The van der Waals surface area contributed by atoms with Gasteiger partial charge in [-0.3, -0.25) is 0 Å². The number of nitrogens with zero attached hydrogens (tertiary/aromatic N) is 2. The summed E-state index contributed by atoms with van der Waals surface area (Å²) in [6, 6.07) is 5.77. The summed E-state index contributed by atoms with van der Waals surface area (Å²) in [5.41, 5.74) is 7.38. The van der Waals surface area contributed by atoms with Crippen molar-refractivity contribution in [3.63, 3.8) is 0 Å². The number of nitrogen functional groups attached to an aromatic ring is 1. The molecular weight excluding hydrogens is 249 g/mol. The highest BCUT2D eigenvalue weighted by Crippen LogP contribution is 2.28. The summed E-state index contributed by atoms with van der Waals surface area (Å²) < 4.78 is 23.6. The number of furan rings is 1. The molecule has 0 radical (unpaired) electrons. The van der Waals surface area contributed by atoms with Gasteiger partial charge in [0.05, 0.1) is 11.8 Å². The second kappa shape index (κ2) is 4.24. The van der Waals surface area contributed by atoms with Crippen molar-refractivity contribution >= 4 is 5.69 Å². The summed E-state index contributed by atoms with van der Waals surface area (Å²) in [6.07, 6.45) is 1.54. The Balaban J connectivity index is 2.06. The molecular formula is C13H10FN3O2. The van der Waals surface area contributed by atoms with Gasteiger partial charge in [0.2, 0.25) is 5.82 Å². The molecule has 6 heteroatoms. The lowest BCUT2D eigenvalue weighted by molar-refractivity contribution is 0.429. The Labute approximate surface area is 107 Å². The second-order valence-electron chi connectivity index (χ2n) is 4.09. The van der Waals surface area contributed by atoms with E-state index in [0.717, 1.165) is 5.56 Å². The van der Waals surface area contributed by atoms with Crippen molar-refractivity contribution in [1.29, 1.82) is 0 Å². The first kappa shape index (κ1) is 11.5. The summed E-state index contributed by atoms with van der Waals surface area (Å²) in [5, 5.41) is 3.81. The van der Waals surface area contributed by atoms with Gasteiger partial charge in [0.1, 0.15) is 5.82 Å². The Kier molecular flexibility index (Phi) is 2.56. The zero-order chi connectivity index (χ0) is 13.4. The molecule has 0 aliphatic heterocycles. The molecule has 0 amide bonds. The number of nitrogens with two attached hydrogens (primary N) is 1. The number of rotatable bonds is 2. The molecule has 0 saturated heterocycles. The van der Waals surface area contributed by atoms with Crippen LogP contribution in [0.25, 0.3) is 23.0 Å². The van der Waals surface area contributed by atoms with E-state index in [-0.39, 0.29) is 5.89 Å². The lowest BCUT2D eigenvalue weighted by Crippen LogP contribution is -1.91. The average molecular weight is 259 g/mol. The lowest BCUT2D eigenvalue weighted by Gasteiger charge is -1.99. The van der Waals surface area contributed by atoms with Gasteiger partial charge >= 0.3 is 0 Å². The third-order valence-corrected chi connectivity index (χ3v) is 2.74. The summed E-state index contributed by atoms with van der Waals surface area (Å²) in [6.45, 7) is 1.87. The molecule has 0 spiro atoms. The van der Waals surface area contributed by atoms with Crippen molar-refractivity contribution in [3.05, 3.63) is 41.9 Å². The predicted octanol–water partition coefficient (Wildman–Crippen LogP) is 3.03. The molecule has 96 valence electrons. The maximum absolute atomic E-state index is 13.2. The fraction of sp³-hybridized carbons (Fsp3) is 0.0769. The van der Waals surface area contributed by atoms with Gasteiger partial charge in [0.25, 0.3) is 5.89 Å². The van der Waals surface area contributed by atoms with E-state index < -0.39 is 5.82 Å². The Morgan fingerprint density at radius 1 is 1.26 bits per heavy atom. The van der Waals surface area contributed by atoms with Gasteiger partial charge in [-0.15, -0.1) is 0 Å². The summed E-state index contributed by atoms with van der Waals surface area (Å²) >= 11 is 0. The van der Waals surface area contributed by atoms with Crippen molar-refractivity contribution in [2.75, 3.05) is 5.73 Å². The second-order valence-corrected chi connectivity index (χ2v) is 4.09. The molecule has 0 aliphatic carbocycles. The fourth-order valence-electron chi connectivity index (χ4n) is 1.74. The highest BCUT2D eigenvalue weighted by molar-refractivity contribution is 5.71. The van der Waals surface area contributed by atoms with E-state index in [4.69, 9.17) is 14.7 Å². The van der Waals surface area contributed by atoms with E-state index in [1.807, 2.05) is 6.92 Å². The average Bonchev–Trinajstić information content (AvgIpc) is 3.00. The van der Waals surface area contributed by atoms with Crippen molar-refractivity contribution in [2.45, 2.75) is 6.92 Å². The molecule has 0 fully saturated rings. The highest BCUT2D eigenvalue weighted by atomic mass is 19.1. The Hall–Kier alpha value is -2.63. The van der Waals surface area contributed by atoms with Crippen molar-refractivity contribution in [3.8, 4) is 23.0 Å². The fourth-order valence-corrected chi connectivity index (χ4v) is 1.74. The molecule has 0 unspecified atom stereocenters. The molecule has 2 N–H and O–H groups in total. The molecule has 0 aliphatic rings. The van der Waals surface area contributed by atoms with E-state index in [1.165, 1.54) is 24.5 Å². The lowest BCUT2D eigenvalue weighted by atomic mass is 10.2. The van der Waals surface area contributed by atoms with E-state index >= 15 is 0 Å². The van der Waals surface area contributed by atoms with E-state index in [2.05, 4.69) is 10.1 Å². The molecule has 3 aromatic rings. The molecule has 3 rings (SSSR count). The van der Waals surface area contributed by atoms with Crippen molar-refractivity contribution < 1.29 is 13.3 Å². The minimum atomic E-state index is -0.418. The van der Waals surface area contributed by atoms with Crippen LogP contribution < -0.4 is 5.73 Å². The zero-order valence-electron chi connectivity index (χ0n) is 10.1. The van der Waals surface area contributed by atoms with Gasteiger partial charge in [0.15, 0.2) is 5.76 Å². The largest absolute Gasteiger partial charge is 0.461 e. The normalized spacial score (nSPS) is 10.8. The number of halogens is 1. The van der Waals surface area contributed by atoms with Crippen LogP contribution in [0, 0.1) is 12.7 Å². The summed E-state index contributed by atoms with van der Waals surface area (Å²) in [5.74, 6) is 0.562. The van der Waals surface area contributed by atoms with Crippen molar-refractivity contribution in [2.24, 2.45) is 0 Å². The van der Waals surface area contributed by atoms with Crippen LogP contribution in [-0.4, -0.2) is 10.1 Å².